The van der Waals surface area contributed by atoms with E-state index in [0.29, 0.717) is 18.0 Å². The molecule has 0 saturated carbocycles. The predicted molar refractivity (Wildman–Crippen MR) is 127 cm³/mol. The van der Waals surface area contributed by atoms with Crippen LogP contribution in [0.3, 0.4) is 0 Å². The van der Waals surface area contributed by atoms with Crippen LogP contribution in [0, 0.1) is 11.7 Å². The molecule has 1 N–H and O–H groups in total. The van der Waals surface area contributed by atoms with Crippen molar-refractivity contribution < 1.29 is 4.39 Å². The molecule has 4 heterocycles. The van der Waals surface area contributed by atoms with Crippen molar-refractivity contribution in [2.45, 2.75) is 31.3 Å². The number of aromatic nitrogens is 4. The Kier molecular flexibility index (Phi) is 5.23. The number of nitrogens with one attached hydrogen (secondary N) is 1. The summed E-state index contributed by atoms with van der Waals surface area (Å²) in [6, 6.07) is 14.6. The largest absolute Gasteiger partial charge is 0.361 e. The molecule has 0 amide bonds. The molecule has 4 aromatic rings. The van der Waals surface area contributed by atoms with E-state index in [4.69, 9.17) is 0 Å². The number of hydrogen-bond acceptors (Lipinski definition) is 4. The van der Waals surface area contributed by atoms with Crippen molar-refractivity contribution in [3.63, 3.8) is 0 Å². The summed E-state index contributed by atoms with van der Waals surface area (Å²) >= 11 is 0. The van der Waals surface area contributed by atoms with Gasteiger partial charge in [0.05, 0.1) is 0 Å². The van der Waals surface area contributed by atoms with Crippen molar-refractivity contribution in [2.24, 2.45) is 5.92 Å². The van der Waals surface area contributed by atoms with Gasteiger partial charge in [-0.3, -0.25) is 9.47 Å². The molecule has 0 bridgehead atoms. The fourth-order valence-electron chi connectivity index (χ4n) is 5.89. The molecule has 6 nitrogen and oxygen atoms in total. The molecule has 0 radical (unpaired) electrons. The Balaban J connectivity index is 1.11. The van der Waals surface area contributed by atoms with Crippen LogP contribution in [0.2, 0.25) is 0 Å². The number of fused-ring (bicyclic) bond motifs is 2. The summed E-state index contributed by atoms with van der Waals surface area (Å²) in [6.07, 6.45) is 8.84. The molecule has 0 unspecified atom stereocenters. The third-order valence-electron chi connectivity index (χ3n) is 7.69. The standard InChI is InChI=1S/C26H29FN6/c1-31-23(10-19-13-28-25-6-5-22(12-24(19)25)33-16-29-30-17-33)11-20-14-32(15-26(20)31)8-7-18-3-2-4-21(27)9-18/h2-6,9,12-13,16-17,20,23,26,28H,7-8,10-11,14-15H2,1H3/t20-,23+,26+/m0/s1. The summed E-state index contributed by atoms with van der Waals surface area (Å²) in [4.78, 5) is 8.62. The SMILES string of the molecule is CN1[C@H](Cc2c[nH]c3ccc(-n4cnnc4)cc23)C[C@H]2CN(CCc3cccc(F)c3)C[C@H]21. The van der Waals surface area contributed by atoms with Gasteiger partial charge in [-0.2, -0.15) is 0 Å². The number of rotatable bonds is 6. The summed E-state index contributed by atoms with van der Waals surface area (Å²) in [7, 11) is 2.29. The number of halogens is 1. The van der Waals surface area contributed by atoms with E-state index in [1.54, 1.807) is 18.7 Å². The highest BCUT2D eigenvalue weighted by Gasteiger charge is 2.44. The number of likely N-dealkylation sites (tertiary alicyclic amines) is 2. The zero-order valence-electron chi connectivity index (χ0n) is 18.9. The Morgan fingerprint density at radius 3 is 2.79 bits per heavy atom. The van der Waals surface area contributed by atoms with Crippen molar-refractivity contribution in [2.75, 3.05) is 26.7 Å². The van der Waals surface area contributed by atoms with Crippen molar-refractivity contribution in [1.82, 2.24) is 29.5 Å². The number of likely N-dealkylation sites (N-methyl/N-ethyl adjacent to an activating group) is 1. The van der Waals surface area contributed by atoms with Crippen molar-refractivity contribution in [1.29, 1.82) is 0 Å². The Morgan fingerprint density at radius 2 is 1.97 bits per heavy atom. The molecule has 7 heteroatoms. The summed E-state index contributed by atoms with van der Waals surface area (Å²) in [5, 5.41) is 9.15. The van der Waals surface area contributed by atoms with Crippen molar-refractivity contribution in [3.8, 4) is 5.69 Å². The first-order valence-electron chi connectivity index (χ1n) is 11.8. The highest BCUT2D eigenvalue weighted by Crippen LogP contribution is 2.37. The first-order valence-corrected chi connectivity index (χ1v) is 11.8. The Labute approximate surface area is 193 Å². The predicted octanol–water partition coefficient (Wildman–Crippen LogP) is 3.68. The van der Waals surface area contributed by atoms with Gasteiger partial charge < -0.3 is 9.88 Å². The van der Waals surface area contributed by atoms with Gasteiger partial charge in [0, 0.05) is 54.5 Å². The van der Waals surface area contributed by atoms with E-state index in [1.807, 2.05) is 16.7 Å². The molecule has 6 rings (SSSR count). The van der Waals surface area contributed by atoms with Crippen LogP contribution in [0.5, 0.6) is 0 Å². The normalized spacial score (nSPS) is 23.5. The van der Waals surface area contributed by atoms with Crippen LogP contribution in [0.15, 0.2) is 61.3 Å². The lowest BCUT2D eigenvalue weighted by Gasteiger charge is -2.27. The van der Waals surface area contributed by atoms with Crippen LogP contribution in [-0.2, 0) is 12.8 Å². The molecule has 3 atom stereocenters. The van der Waals surface area contributed by atoms with Gasteiger partial charge in [-0.15, -0.1) is 10.2 Å². The van der Waals surface area contributed by atoms with Gasteiger partial charge in [0.1, 0.15) is 18.5 Å². The average molecular weight is 445 g/mol. The van der Waals surface area contributed by atoms with E-state index in [1.165, 1.54) is 29.0 Å². The maximum absolute atomic E-state index is 13.5. The number of H-pyrrole nitrogens is 1. The molecule has 170 valence electrons. The van der Waals surface area contributed by atoms with E-state index in [-0.39, 0.29) is 5.82 Å². The van der Waals surface area contributed by atoms with Gasteiger partial charge in [-0.05, 0) is 73.7 Å². The molecule has 2 aliphatic rings. The maximum atomic E-state index is 13.5. The van der Waals surface area contributed by atoms with Crippen molar-refractivity contribution >= 4 is 10.9 Å². The molecule has 2 aromatic carbocycles. The fourth-order valence-corrected chi connectivity index (χ4v) is 5.89. The van der Waals surface area contributed by atoms with Crippen molar-refractivity contribution in [3.05, 3.63) is 78.3 Å². The van der Waals surface area contributed by atoms with E-state index in [9.17, 15) is 4.39 Å². The number of nitrogens with zero attached hydrogens (tertiary/aromatic N) is 5. The zero-order chi connectivity index (χ0) is 22.4. The molecule has 33 heavy (non-hydrogen) atoms. The van der Waals surface area contributed by atoms with Gasteiger partial charge in [0.25, 0.3) is 0 Å². The third kappa shape index (κ3) is 3.96. The fraction of sp³-hybridized carbons (Fsp3) is 0.385. The summed E-state index contributed by atoms with van der Waals surface area (Å²) in [5.74, 6) is 0.574. The second-order valence-electron chi connectivity index (χ2n) is 9.64. The minimum absolute atomic E-state index is 0.139. The van der Waals surface area contributed by atoms with E-state index < -0.39 is 0 Å². The van der Waals surface area contributed by atoms with Crippen LogP contribution in [0.1, 0.15) is 17.5 Å². The highest BCUT2D eigenvalue weighted by atomic mass is 19.1. The summed E-state index contributed by atoms with van der Waals surface area (Å²) in [5.41, 5.74) is 4.72. The zero-order valence-corrected chi connectivity index (χ0v) is 18.9. The van der Waals surface area contributed by atoms with Crippen LogP contribution in [0.25, 0.3) is 16.6 Å². The summed E-state index contributed by atoms with van der Waals surface area (Å²) < 4.78 is 15.4. The van der Waals surface area contributed by atoms with Gasteiger partial charge in [-0.1, -0.05) is 12.1 Å². The van der Waals surface area contributed by atoms with Crippen LogP contribution in [-0.4, -0.2) is 68.3 Å². The van der Waals surface area contributed by atoms with E-state index in [2.05, 4.69) is 56.4 Å². The van der Waals surface area contributed by atoms with E-state index in [0.717, 1.165) is 43.7 Å². The molecule has 2 aromatic heterocycles. The van der Waals surface area contributed by atoms with E-state index >= 15 is 0 Å². The highest BCUT2D eigenvalue weighted by molar-refractivity contribution is 5.85. The number of hydrogen-bond donors (Lipinski definition) is 1. The lowest BCUT2D eigenvalue weighted by Crippen LogP contribution is -2.38. The second kappa shape index (κ2) is 8.39. The summed E-state index contributed by atoms with van der Waals surface area (Å²) in [6.45, 7) is 3.26. The Morgan fingerprint density at radius 1 is 1.09 bits per heavy atom. The second-order valence-corrected chi connectivity index (χ2v) is 9.64. The lowest BCUT2D eigenvalue weighted by atomic mass is 9.98. The molecule has 0 spiro atoms. The molecule has 0 aliphatic carbocycles. The lowest BCUT2D eigenvalue weighted by molar-refractivity contribution is 0.211. The van der Waals surface area contributed by atoms with Gasteiger partial charge in [0.15, 0.2) is 0 Å². The molecule has 2 saturated heterocycles. The maximum Gasteiger partial charge on any atom is 0.123 e. The molecular weight excluding hydrogens is 415 g/mol. The molecule has 2 aliphatic heterocycles. The van der Waals surface area contributed by atoms with Crippen LogP contribution < -0.4 is 0 Å². The first kappa shape index (κ1) is 20.6. The monoisotopic (exact) mass is 444 g/mol. The topological polar surface area (TPSA) is 53.0 Å². The quantitative estimate of drug-likeness (QED) is 0.493. The Bertz CT molecular complexity index is 1250. The number of benzene rings is 2. The van der Waals surface area contributed by atoms with Crippen LogP contribution in [0.4, 0.5) is 4.39 Å². The molecule has 2 fully saturated rings. The Hall–Kier alpha value is -3.03. The van der Waals surface area contributed by atoms with Gasteiger partial charge >= 0.3 is 0 Å². The average Bonchev–Trinajstić information content (AvgIpc) is 3.60. The first-order chi connectivity index (χ1) is 16.1. The van der Waals surface area contributed by atoms with Gasteiger partial charge in [-0.25, -0.2) is 4.39 Å². The smallest absolute Gasteiger partial charge is 0.123 e. The molecular formula is C26H29FN6. The van der Waals surface area contributed by atoms with Crippen LogP contribution >= 0.6 is 0 Å². The van der Waals surface area contributed by atoms with Gasteiger partial charge in [0.2, 0.25) is 0 Å². The number of aromatic amines is 1. The minimum atomic E-state index is -0.139. The minimum Gasteiger partial charge on any atom is -0.361 e. The third-order valence-corrected chi connectivity index (χ3v) is 7.69.